The lowest BCUT2D eigenvalue weighted by atomic mass is 10.00. The van der Waals surface area contributed by atoms with Crippen molar-refractivity contribution in [1.82, 2.24) is 69.1 Å². The summed E-state index contributed by atoms with van der Waals surface area (Å²) in [6, 6.07) is 1.21. The standard InChI is InChI=1S/C70H116N18O16/c1-7-42(4)18-14-15-24-56(91)79-52(29-36-76-59(92)47(75)23-16-17-35-78-70(103)104-40-46-21-12-9-13-22-46)65(98)88-58(44(6)90)69(102)84-50(27-33-73)61(94)83-53-30-37-77-68(101)57(43(5)89)87-64(97)51(28-34-74)81-60(93)48(25-31-71)82-66(99)54(38-41(2)3)85-67(100)55(39-45-19-10-8-11-20-45)86-62(95)49(26-32-72)80-63(53)96/h8-13,19-22,41-44,47-55,57-58,89-90H,7,14-18,23-40,71-75H2,1-6H3,(H,76,92)(H,77,101)(H,78,103)(H,79,91)(H,80,96)(H,81,93)(H,82,99)(H,83,94)(H,84,102)(H,85,100)(H,86,95)(H,87,97)(H,88,98)/t42?,43-,44-,47?,48+,49+,50+,51+,52+,53+,54+,55-,57+,58+/m1/s1. The number of benzene rings is 2. The Morgan fingerprint density at radius 3 is 1.62 bits per heavy atom. The Bertz CT molecular complexity index is 3040. The van der Waals surface area contributed by atoms with Crippen LogP contribution < -0.4 is 97.8 Å². The van der Waals surface area contributed by atoms with Crippen LogP contribution in [-0.4, -0.2) is 212 Å². The van der Waals surface area contributed by atoms with E-state index in [1.165, 1.54) is 13.8 Å². The maximum atomic E-state index is 14.7. The summed E-state index contributed by atoms with van der Waals surface area (Å²) in [5, 5.41) is 55.5. The molecule has 3 rings (SSSR count). The summed E-state index contributed by atoms with van der Waals surface area (Å²) in [7, 11) is 0. The van der Waals surface area contributed by atoms with Gasteiger partial charge < -0.3 is 113 Å². The van der Waals surface area contributed by atoms with Gasteiger partial charge in [0.25, 0.3) is 0 Å². The maximum Gasteiger partial charge on any atom is 0.407 e. The summed E-state index contributed by atoms with van der Waals surface area (Å²) in [6.45, 7) is 8.92. The van der Waals surface area contributed by atoms with Gasteiger partial charge in [-0.15, -0.1) is 0 Å². The molecule has 34 heteroatoms. The molecule has 0 aliphatic carbocycles. The zero-order valence-corrected chi connectivity index (χ0v) is 60.9. The van der Waals surface area contributed by atoms with Crippen molar-refractivity contribution in [3.8, 4) is 0 Å². The third kappa shape index (κ3) is 33.7. The van der Waals surface area contributed by atoms with Crippen LogP contribution >= 0.6 is 0 Å². The molecule has 1 fully saturated rings. The Morgan fingerprint density at radius 1 is 0.538 bits per heavy atom. The van der Waals surface area contributed by atoms with Gasteiger partial charge in [-0.05, 0) is 134 Å². The highest BCUT2D eigenvalue weighted by Crippen LogP contribution is 2.15. The average molecular weight is 1470 g/mol. The fraction of sp³-hybridized carbons (Fsp3) is 0.643. The molecule has 2 aromatic carbocycles. The third-order valence-corrected chi connectivity index (χ3v) is 17.3. The number of amides is 13. The van der Waals surface area contributed by atoms with Crippen molar-refractivity contribution in [1.29, 1.82) is 0 Å². The first-order valence-corrected chi connectivity index (χ1v) is 36.0. The monoisotopic (exact) mass is 1460 g/mol. The molecule has 1 saturated heterocycles. The molecular weight excluding hydrogens is 1350 g/mol. The zero-order chi connectivity index (χ0) is 77.3. The number of aliphatic hydroxyl groups excluding tert-OH is 2. The predicted molar refractivity (Wildman–Crippen MR) is 387 cm³/mol. The van der Waals surface area contributed by atoms with E-state index in [0.29, 0.717) is 30.7 Å². The van der Waals surface area contributed by atoms with E-state index >= 15 is 0 Å². The van der Waals surface area contributed by atoms with Crippen LogP contribution in [0.4, 0.5) is 4.79 Å². The van der Waals surface area contributed by atoms with Gasteiger partial charge in [-0.3, -0.25) is 57.5 Å². The molecule has 104 heavy (non-hydrogen) atoms. The van der Waals surface area contributed by atoms with Crippen LogP contribution in [0.1, 0.15) is 149 Å². The van der Waals surface area contributed by atoms with Crippen molar-refractivity contribution >= 4 is 77.0 Å². The van der Waals surface area contributed by atoms with Crippen LogP contribution in [0, 0.1) is 11.8 Å². The van der Waals surface area contributed by atoms with Crippen LogP contribution in [0.3, 0.4) is 0 Å². The molecule has 13 amide bonds. The van der Waals surface area contributed by atoms with Gasteiger partial charge in [0, 0.05) is 32.5 Å². The Labute approximate surface area is 608 Å². The number of carbonyl (C=O) groups excluding carboxylic acids is 13. The van der Waals surface area contributed by atoms with Gasteiger partial charge in [-0.1, -0.05) is 108 Å². The van der Waals surface area contributed by atoms with Crippen LogP contribution in [0.5, 0.6) is 0 Å². The van der Waals surface area contributed by atoms with E-state index in [2.05, 4.69) is 83.0 Å². The number of carbonyl (C=O) groups is 13. The van der Waals surface area contributed by atoms with Gasteiger partial charge in [0.1, 0.15) is 67.0 Å². The minimum Gasteiger partial charge on any atom is -0.445 e. The second kappa shape index (κ2) is 48.9. The number of hydrogen-bond donors (Lipinski definition) is 20. The number of rotatable bonds is 38. The lowest BCUT2D eigenvalue weighted by Crippen LogP contribution is -2.62. The summed E-state index contributed by atoms with van der Waals surface area (Å²) in [4.78, 5) is 182. The Hall–Kier alpha value is -8.93. The molecule has 0 radical (unpaired) electrons. The summed E-state index contributed by atoms with van der Waals surface area (Å²) >= 11 is 0. The van der Waals surface area contributed by atoms with E-state index in [-0.39, 0.29) is 110 Å². The minimum atomic E-state index is -1.82. The summed E-state index contributed by atoms with van der Waals surface area (Å²) in [5.74, 6) is -10.6. The molecular formula is C70H116N18O16. The van der Waals surface area contributed by atoms with Crippen molar-refractivity contribution in [3.63, 3.8) is 0 Å². The van der Waals surface area contributed by atoms with Gasteiger partial charge in [-0.2, -0.15) is 0 Å². The maximum absolute atomic E-state index is 14.7. The highest BCUT2D eigenvalue weighted by atomic mass is 16.5. The van der Waals surface area contributed by atoms with Gasteiger partial charge in [0.05, 0.1) is 18.2 Å². The van der Waals surface area contributed by atoms with Crippen molar-refractivity contribution in [3.05, 3.63) is 71.8 Å². The summed E-state index contributed by atoms with van der Waals surface area (Å²) < 4.78 is 5.22. The van der Waals surface area contributed by atoms with Crippen molar-refractivity contribution in [2.45, 2.75) is 230 Å². The molecule has 25 N–H and O–H groups in total. The first-order chi connectivity index (χ1) is 49.5. The first kappa shape index (κ1) is 89.3. The molecule has 0 bridgehead atoms. The van der Waals surface area contributed by atoms with Crippen LogP contribution in [0.15, 0.2) is 60.7 Å². The molecule has 34 nitrogen and oxygen atoms in total. The quantitative estimate of drug-likeness (QED) is 0.0288. The van der Waals surface area contributed by atoms with E-state index in [9.17, 15) is 72.5 Å². The number of ether oxygens (including phenoxy) is 1. The van der Waals surface area contributed by atoms with Gasteiger partial charge in [0.15, 0.2) is 0 Å². The minimum absolute atomic E-state index is 0.0248. The van der Waals surface area contributed by atoms with E-state index < -0.39 is 169 Å². The lowest BCUT2D eigenvalue weighted by Gasteiger charge is -2.29. The number of hydrogen-bond acceptors (Lipinski definition) is 21. The smallest absolute Gasteiger partial charge is 0.407 e. The van der Waals surface area contributed by atoms with Crippen molar-refractivity contribution in [2.75, 3.05) is 45.8 Å². The number of alkyl carbamates (subject to hydrolysis) is 1. The SMILES string of the molecule is CCC(C)CCCCC(=O)N[C@@H](CCNC(=O)C(N)CCCCNC(=O)OCc1ccccc1)C(=O)N[C@H](C(=O)N[C@@H](CCN)C(=O)N[C@H]1CCNC(=O)[C@H]([C@@H](C)O)NC(=O)[C@H](CCN)NC(=O)[C@H](CCN)NC(=O)[C@H](CC(C)C)NC(=O)[C@@H](Cc2ccccc2)NC(=O)[C@H](CCN)NC1=O)[C@@H](C)O. The van der Waals surface area contributed by atoms with Gasteiger partial charge >= 0.3 is 6.09 Å². The molecule has 0 saturated carbocycles. The number of nitrogens with one attached hydrogen (secondary N) is 13. The first-order valence-electron chi connectivity index (χ1n) is 36.0. The fourth-order valence-corrected chi connectivity index (χ4v) is 11.0. The lowest BCUT2D eigenvalue weighted by molar-refractivity contribution is -0.137. The van der Waals surface area contributed by atoms with Gasteiger partial charge in [0.2, 0.25) is 70.9 Å². The molecule has 1 heterocycles. The van der Waals surface area contributed by atoms with E-state index in [1.54, 1.807) is 44.2 Å². The number of nitrogens with two attached hydrogens (primary N) is 5. The molecule has 0 spiro atoms. The predicted octanol–water partition coefficient (Wildman–Crippen LogP) is -3.66. The Balaban J connectivity index is 1.98. The van der Waals surface area contributed by atoms with Crippen LogP contribution in [0.2, 0.25) is 0 Å². The molecule has 2 unspecified atom stereocenters. The summed E-state index contributed by atoms with van der Waals surface area (Å²) in [5.41, 5.74) is 31.3. The molecule has 582 valence electrons. The third-order valence-electron chi connectivity index (χ3n) is 17.3. The van der Waals surface area contributed by atoms with Crippen molar-refractivity contribution < 1.29 is 77.3 Å². The number of unbranched alkanes of at least 4 members (excludes halogenated alkanes) is 2. The highest BCUT2D eigenvalue weighted by Gasteiger charge is 2.38. The number of aliphatic hydroxyl groups is 2. The second-order valence-corrected chi connectivity index (χ2v) is 26.6. The molecule has 14 atom stereocenters. The molecule has 1 aliphatic rings. The zero-order valence-electron chi connectivity index (χ0n) is 60.9. The van der Waals surface area contributed by atoms with Crippen LogP contribution in [-0.2, 0) is 75.3 Å². The molecule has 0 aromatic heterocycles. The average Bonchev–Trinajstić information content (AvgIpc) is 0.958. The normalized spacial score (nSPS) is 21.0. The van der Waals surface area contributed by atoms with E-state index in [1.807, 2.05) is 30.3 Å². The Kier molecular flexibility index (Phi) is 42.0. The van der Waals surface area contributed by atoms with Gasteiger partial charge in [-0.25, -0.2) is 4.79 Å². The van der Waals surface area contributed by atoms with E-state index in [4.69, 9.17) is 33.4 Å². The van der Waals surface area contributed by atoms with E-state index in [0.717, 1.165) is 24.8 Å². The molecule has 2 aromatic rings. The van der Waals surface area contributed by atoms with Crippen LogP contribution in [0.25, 0.3) is 0 Å². The summed E-state index contributed by atoms with van der Waals surface area (Å²) in [6.07, 6.45) is -1.46. The second-order valence-electron chi connectivity index (χ2n) is 26.6. The highest BCUT2D eigenvalue weighted by molar-refractivity contribution is 5.99. The Morgan fingerprint density at radius 2 is 1.07 bits per heavy atom. The fourth-order valence-electron chi connectivity index (χ4n) is 11.0. The van der Waals surface area contributed by atoms with Crippen molar-refractivity contribution in [2.24, 2.45) is 40.5 Å². The molecule has 1 aliphatic heterocycles. The topological polar surface area (TPSA) is 558 Å². The largest absolute Gasteiger partial charge is 0.445 e.